The van der Waals surface area contributed by atoms with Crippen LogP contribution in [-0.2, 0) is 23.3 Å². The summed E-state index contributed by atoms with van der Waals surface area (Å²) in [6.07, 6.45) is 0. The molecule has 0 aliphatic carbocycles. The zero-order valence-electron chi connectivity index (χ0n) is 29.1. The fraction of sp³-hybridized carbons (Fsp3) is 0.156. The first-order valence-electron chi connectivity index (χ1n) is 16.6. The van der Waals surface area contributed by atoms with Crippen molar-refractivity contribution in [2.24, 2.45) is 0 Å². The maximum atomic E-state index is 2.34. The van der Waals surface area contributed by atoms with Crippen LogP contribution in [0.25, 0.3) is 65.3 Å². The van der Waals surface area contributed by atoms with E-state index in [-0.39, 0.29) is 30.2 Å². The van der Waals surface area contributed by atoms with E-state index in [9.17, 15) is 0 Å². The first kappa shape index (κ1) is 38.5. The monoisotopic (exact) mass is 770 g/mol. The molecule has 0 radical (unpaired) electrons. The van der Waals surface area contributed by atoms with Gasteiger partial charge in [-0.05, 0) is 38.6 Å². The molecule has 0 heterocycles. The van der Waals surface area contributed by atoms with Crippen molar-refractivity contribution < 1.29 is 48.1 Å². The molecule has 0 amide bonds. The van der Waals surface area contributed by atoms with E-state index in [0.717, 1.165) is 0 Å². The summed E-state index contributed by atoms with van der Waals surface area (Å²) in [7, 11) is 0. The molecule has 0 atom stereocenters. The molecule has 0 nitrogen and oxygen atoms in total. The minimum atomic E-state index is 0. The summed E-state index contributed by atoms with van der Waals surface area (Å²) in [6, 6.07) is 50.8. The SMILES string of the molecule is CC(C)c1cc2c(-c3ccccc3)cccc2[cH-]1.C[Si](C)=[Zr+2].Cc1cc2c(-c3cccc4c3ccc3ccccc34)ccc(C)c2[cH-]1.[Cl-].[Cl-]. The van der Waals surface area contributed by atoms with Crippen LogP contribution in [0.1, 0.15) is 36.5 Å². The maximum absolute atomic E-state index is 2.34. The molecule has 0 aliphatic heterocycles. The van der Waals surface area contributed by atoms with Crippen LogP contribution >= 0.6 is 0 Å². The van der Waals surface area contributed by atoms with Crippen molar-refractivity contribution >= 4 is 48.5 Å². The number of rotatable bonds is 3. The van der Waals surface area contributed by atoms with Crippen LogP contribution in [0.4, 0.5) is 0 Å². The van der Waals surface area contributed by atoms with E-state index in [2.05, 4.69) is 180 Å². The second kappa shape index (κ2) is 17.1. The van der Waals surface area contributed by atoms with Gasteiger partial charge in [-0.2, -0.15) is 12.1 Å². The largest absolute Gasteiger partial charge is 1.00 e. The molecule has 0 N–H and O–H groups in total. The van der Waals surface area contributed by atoms with Gasteiger partial charge < -0.3 is 24.8 Å². The summed E-state index contributed by atoms with van der Waals surface area (Å²) in [5, 5.41) is 10.7. The van der Waals surface area contributed by atoms with Gasteiger partial charge in [0, 0.05) is 0 Å². The van der Waals surface area contributed by atoms with Crippen molar-refractivity contribution in [1.29, 1.82) is 0 Å². The molecule has 8 aromatic rings. The molecule has 8 rings (SSSR count). The number of fused-ring (bicyclic) bond motifs is 5. The van der Waals surface area contributed by atoms with E-state index in [1.807, 2.05) is 0 Å². The Balaban J connectivity index is 0.000000200. The Morgan fingerprint density at radius 3 is 1.92 bits per heavy atom. The van der Waals surface area contributed by atoms with Gasteiger partial charge in [-0.3, -0.25) is 0 Å². The minimum Gasteiger partial charge on any atom is -1.00 e. The van der Waals surface area contributed by atoms with Crippen LogP contribution in [0.2, 0.25) is 13.1 Å². The molecule has 4 heteroatoms. The van der Waals surface area contributed by atoms with Gasteiger partial charge in [-0.25, -0.2) is 0 Å². The van der Waals surface area contributed by atoms with Gasteiger partial charge in [0.15, 0.2) is 0 Å². The summed E-state index contributed by atoms with van der Waals surface area (Å²) < 4.78 is 0. The van der Waals surface area contributed by atoms with E-state index in [0.29, 0.717) is 5.92 Å². The fourth-order valence-electron chi connectivity index (χ4n) is 6.56. The summed E-state index contributed by atoms with van der Waals surface area (Å²) in [6.45, 7) is 13.5. The summed E-state index contributed by atoms with van der Waals surface area (Å²) >= 11 is 1.74. The van der Waals surface area contributed by atoms with E-state index in [4.69, 9.17) is 0 Å². The van der Waals surface area contributed by atoms with E-state index >= 15 is 0 Å². The Bertz CT molecular complexity index is 2340. The molecular formula is C45H42Cl2SiZr-2. The van der Waals surface area contributed by atoms with Crippen LogP contribution in [0, 0.1) is 13.8 Å². The topological polar surface area (TPSA) is 0 Å². The maximum Gasteiger partial charge on any atom is -0.00995 e. The Morgan fingerprint density at radius 1 is 0.551 bits per heavy atom. The van der Waals surface area contributed by atoms with E-state index in [1.165, 1.54) is 82.0 Å². The zero-order chi connectivity index (χ0) is 33.1. The zero-order valence-corrected chi connectivity index (χ0v) is 34.1. The summed E-state index contributed by atoms with van der Waals surface area (Å²) in [5.74, 6) is 0.584. The van der Waals surface area contributed by atoms with Crippen LogP contribution < -0.4 is 24.8 Å². The van der Waals surface area contributed by atoms with Crippen molar-refractivity contribution in [3.63, 3.8) is 0 Å². The summed E-state index contributed by atoms with van der Waals surface area (Å²) in [4.78, 5) is 0. The Labute approximate surface area is 319 Å². The molecule has 0 bridgehead atoms. The molecule has 0 spiro atoms. The second-order valence-electron chi connectivity index (χ2n) is 13.1. The van der Waals surface area contributed by atoms with Crippen LogP contribution in [0.5, 0.6) is 0 Å². The van der Waals surface area contributed by atoms with Gasteiger partial charge in [0.1, 0.15) is 0 Å². The smallest absolute Gasteiger partial charge is 0.00995 e. The van der Waals surface area contributed by atoms with Crippen molar-refractivity contribution in [2.45, 2.75) is 46.7 Å². The average molecular weight is 773 g/mol. The Hall–Kier alpha value is -3.26. The minimum absolute atomic E-state index is 0. The van der Waals surface area contributed by atoms with Gasteiger partial charge >= 0.3 is 41.9 Å². The van der Waals surface area contributed by atoms with Crippen molar-refractivity contribution in [3.8, 4) is 22.3 Å². The number of hydrogen-bond donors (Lipinski definition) is 0. The van der Waals surface area contributed by atoms with Crippen molar-refractivity contribution in [2.75, 3.05) is 0 Å². The van der Waals surface area contributed by atoms with Gasteiger partial charge in [-0.1, -0.05) is 136 Å². The number of benzene rings is 6. The molecular weight excluding hydrogens is 731 g/mol. The van der Waals surface area contributed by atoms with Crippen LogP contribution in [0.15, 0.2) is 140 Å². The predicted molar refractivity (Wildman–Crippen MR) is 206 cm³/mol. The van der Waals surface area contributed by atoms with Gasteiger partial charge in [0.2, 0.25) is 0 Å². The standard InChI is InChI=1S/C25H19.C18H17.C2H6Si.2ClH.Zr/c1-16-14-24-17(2)10-12-23(25(24)15-16)21-9-5-8-20-19-7-4-3-6-18(19)11-13-22(20)21;1-13(2)16-11-15-9-6-10-17(18(15)12-16)14-7-4-3-5-8-14;1-3-2;;;/h3-15H,1-2H3;3-13H,1-2H3;1-2H3;2*1H;/q2*-1;;;;+2/p-2. The molecule has 0 fully saturated rings. The van der Waals surface area contributed by atoms with E-state index < -0.39 is 0 Å². The summed E-state index contributed by atoms with van der Waals surface area (Å²) in [5.41, 5.74) is 9.58. The first-order valence-corrected chi connectivity index (χ1v) is 22.7. The molecule has 0 aliphatic rings. The van der Waals surface area contributed by atoms with Crippen molar-refractivity contribution in [1.82, 2.24) is 0 Å². The number of halogens is 2. The van der Waals surface area contributed by atoms with Crippen molar-refractivity contribution in [3.05, 3.63) is 156 Å². The molecule has 49 heavy (non-hydrogen) atoms. The molecule has 8 aromatic carbocycles. The molecule has 0 aromatic heterocycles. The number of aryl methyl sites for hydroxylation is 2. The Kier molecular flexibility index (Phi) is 13.5. The molecule has 0 unspecified atom stereocenters. The van der Waals surface area contributed by atoms with E-state index in [1.54, 1.807) is 23.3 Å². The molecule has 246 valence electrons. The van der Waals surface area contributed by atoms with Crippen LogP contribution in [0.3, 0.4) is 0 Å². The fourth-order valence-corrected chi connectivity index (χ4v) is 6.56. The average Bonchev–Trinajstić information content (AvgIpc) is 3.70. The predicted octanol–water partition coefficient (Wildman–Crippen LogP) is 7.29. The third-order valence-corrected chi connectivity index (χ3v) is 8.85. The normalized spacial score (nSPS) is 10.6. The second-order valence-corrected chi connectivity index (χ2v) is 22.5. The van der Waals surface area contributed by atoms with Gasteiger partial charge in [-0.15, -0.1) is 68.6 Å². The quantitative estimate of drug-likeness (QED) is 0.101. The Morgan fingerprint density at radius 2 is 1.18 bits per heavy atom. The number of hydrogen-bond acceptors (Lipinski definition) is 0. The van der Waals surface area contributed by atoms with Gasteiger partial charge in [0.25, 0.3) is 0 Å². The first-order chi connectivity index (χ1) is 22.7. The molecule has 0 saturated carbocycles. The van der Waals surface area contributed by atoms with Crippen LogP contribution in [-0.4, -0.2) is 5.43 Å². The van der Waals surface area contributed by atoms with Gasteiger partial charge in [0.05, 0.1) is 0 Å². The third-order valence-electron chi connectivity index (χ3n) is 8.85. The molecule has 0 saturated heterocycles. The third kappa shape index (κ3) is 8.56.